The molecule has 0 unspecified atom stereocenters. The first-order valence-corrected chi connectivity index (χ1v) is 10.2. The number of fused-ring (bicyclic) bond motifs is 1. The van der Waals surface area contributed by atoms with E-state index in [0.29, 0.717) is 12.4 Å². The van der Waals surface area contributed by atoms with Gasteiger partial charge >= 0.3 is 0 Å². The third-order valence-corrected chi connectivity index (χ3v) is 5.00. The summed E-state index contributed by atoms with van der Waals surface area (Å²) in [6, 6.07) is 32.2. The molecule has 2 N–H and O–H groups in total. The van der Waals surface area contributed by atoms with Crippen molar-refractivity contribution in [2.24, 2.45) is 0 Å². The summed E-state index contributed by atoms with van der Waals surface area (Å²) in [5.74, 6) is 2.21. The fourth-order valence-corrected chi connectivity index (χ4v) is 3.44. The monoisotopic (exact) mass is 403 g/mol. The third kappa shape index (κ3) is 4.21. The predicted octanol–water partition coefficient (Wildman–Crippen LogP) is 6.05. The van der Waals surface area contributed by atoms with Crippen LogP contribution in [0.15, 0.2) is 103 Å². The van der Waals surface area contributed by atoms with Crippen LogP contribution in [0.25, 0.3) is 22.3 Å². The molecule has 0 fully saturated rings. The maximum absolute atomic E-state index is 4.85. The molecule has 5 aromatic rings. The van der Waals surface area contributed by atoms with E-state index in [9.17, 15) is 0 Å². The van der Waals surface area contributed by atoms with Crippen LogP contribution in [0.5, 0.6) is 0 Å². The zero-order valence-corrected chi connectivity index (χ0v) is 16.9. The largest absolute Gasteiger partial charge is 0.364 e. The molecule has 150 valence electrons. The van der Waals surface area contributed by atoms with Gasteiger partial charge < -0.3 is 10.6 Å². The van der Waals surface area contributed by atoms with E-state index in [1.807, 2.05) is 84.9 Å². The van der Waals surface area contributed by atoms with E-state index >= 15 is 0 Å². The van der Waals surface area contributed by atoms with Crippen LogP contribution >= 0.6 is 0 Å². The molecule has 0 saturated heterocycles. The second-order valence-electron chi connectivity index (χ2n) is 7.14. The van der Waals surface area contributed by atoms with Gasteiger partial charge in [-0.25, -0.2) is 15.0 Å². The van der Waals surface area contributed by atoms with Crippen LogP contribution in [0.2, 0.25) is 0 Å². The van der Waals surface area contributed by atoms with E-state index in [-0.39, 0.29) is 0 Å². The highest BCUT2D eigenvalue weighted by Crippen LogP contribution is 2.29. The summed E-state index contributed by atoms with van der Waals surface area (Å²) in [5, 5.41) is 7.87. The number of hydrogen-bond acceptors (Lipinski definition) is 5. The molecule has 0 aliphatic heterocycles. The molecule has 3 aromatic carbocycles. The van der Waals surface area contributed by atoms with Crippen molar-refractivity contribution in [3.63, 3.8) is 0 Å². The fraction of sp³-hybridized carbons (Fsp3) is 0.0385. The first kappa shape index (κ1) is 18.8. The molecular formula is C26H21N5. The van der Waals surface area contributed by atoms with Crippen LogP contribution in [0.4, 0.5) is 17.3 Å². The highest BCUT2D eigenvalue weighted by atomic mass is 15.1. The zero-order chi connectivity index (χ0) is 20.9. The highest BCUT2D eigenvalue weighted by Gasteiger charge is 2.11. The van der Waals surface area contributed by atoms with Gasteiger partial charge in [-0.2, -0.15) is 0 Å². The van der Waals surface area contributed by atoms with Gasteiger partial charge in [0.1, 0.15) is 11.6 Å². The van der Waals surface area contributed by atoms with Crippen molar-refractivity contribution in [1.82, 2.24) is 15.0 Å². The summed E-state index contributed by atoms with van der Waals surface area (Å²) in [5.41, 5.74) is 3.92. The minimum atomic E-state index is 0.685. The summed E-state index contributed by atoms with van der Waals surface area (Å²) < 4.78 is 0. The molecule has 0 spiro atoms. The predicted molar refractivity (Wildman–Crippen MR) is 126 cm³/mol. The number of benzene rings is 3. The van der Waals surface area contributed by atoms with E-state index in [2.05, 4.69) is 27.8 Å². The molecule has 5 rings (SSSR count). The van der Waals surface area contributed by atoms with Gasteiger partial charge in [0.25, 0.3) is 0 Å². The Bertz CT molecular complexity index is 1300. The van der Waals surface area contributed by atoms with Gasteiger partial charge in [0.15, 0.2) is 5.82 Å². The van der Waals surface area contributed by atoms with Crippen molar-refractivity contribution >= 4 is 28.2 Å². The molecule has 0 atom stereocenters. The standard InChI is InChI=1S/C26H21N5/c1-3-10-19(11-4-1)18-28-26-23(16-9-17-27-26)30-25-21-14-7-8-15-22(21)29-24(31-25)20-12-5-2-6-13-20/h1-17H,18H2,(H,27,28)(H,29,30,31). The third-order valence-electron chi connectivity index (χ3n) is 5.00. The van der Waals surface area contributed by atoms with Gasteiger partial charge in [-0.3, -0.25) is 0 Å². The lowest BCUT2D eigenvalue weighted by atomic mass is 10.2. The summed E-state index contributed by atoms with van der Waals surface area (Å²) in [7, 11) is 0. The Hall–Kier alpha value is -4.25. The van der Waals surface area contributed by atoms with Crippen LogP contribution in [0.1, 0.15) is 5.56 Å². The maximum atomic E-state index is 4.85. The Morgan fingerprint density at radius 2 is 1.39 bits per heavy atom. The summed E-state index contributed by atoms with van der Waals surface area (Å²) >= 11 is 0. The Morgan fingerprint density at radius 1 is 0.645 bits per heavy atom. The number of anilines is 3. The number of nitrogens with zero attached hydrogens (tertiary/aromatic N) is 3. The Labute approximate surface area is 180 Å². The summed E-state index contributed by atoms with van der Waals surface area (Å²) in [4.78, 5) is 14.1. The molecule has 0 amide bonds. The second kappa shape index (κ2) is 8.63. The SMILES string of the molecule is c1ccc(CNc2ncccc2Nc2nc(-c3ccccc3)nc3ccccc23)cc1. The van der Waals surface area contributed by atoms with Crippen molar-refractivity contribution in [1.29, 1.82) is 0 Å². The average molecular weight is 403 g/mol. The Balaban J connectivity index is 1.51. The maximum Gasteiger partial charge on any atom is 0.162 e. The highest BCUT2D eigenvalue weighted by molar-refractivity contribution is 5.93. The van der Waals surface area contributed by atoms with Gasteiger partial charge in [0.05, 0.1) is 11.2 Å². The molecular weight excluding hydrogens is 382 g/mol. The minimum absolute atomic E-state index is 0.685. The molecule has 0 aliphatic carbocycles. The van der Waals surface area contributed by atoms with Crippen molar-refractivity contribution in [2.75, 3.05) is 10.6 Å². The molecule has 2 aromatic heterocycles. The molecule has 2 heterocycles. The van der Waals surface area contributed by atoms with Crippen molar-refractivity contribution in [3.05, 3.63) is 109 Å². The van der Waals surface area contributed by atoms with E-state index < -0.39 is 0 Å². The van der Waals surface area contributed by atoms with Crippen LogP contribution in [-0.2, 0) is 6.54 Å². The van der Waals surface area contributed by atoms with Crippen LogP contribution in [0, 0.1) is 0 Å². The van der Waals surface area contributed by atoms with Crippen molar-refractivity contribution in [2.45, 2.75) is 6.54 Å². The van der Waals surface area contributed by atoms with E-state index in [1.165, 1.54) is 5.56 Å². The lowest BCUT2D eigenvalue weighted by Gasteiger charge is -2.14. The smallest absolute Gasteiger partial charge is 0.162 e. The molecule has 0 aliphatic rings. The number of para-hydroxylation sites is 1. The van der Waals surface area contributed by atoms with Crippen LogP contribution in [0.3, 0.4) is 0 Å². The van der Waals surface area contributed by atoms with Crippen LogP contribution in [-0.4, -0.2) is 15.0 Å². The molecule has 0 saturated carbocycles. The van der Waals surface area contributed by atoms with Gasteiger partial charge in [0.2, 0.25) is 0 Å². The van der Waals surface area contributed by atoms with Crippen LogP contribution < -0.4 is 10.6 Å². The van der Waals surface area contributed by atoms with Crippen molar-refractivity contribution < 1.29 is 0 Å². The second-order valence-corrected chi connectivity index (χ2v) is 7.14. The number of hydrogen-bond donors (Lipinski definition) is 2. The zero-order valence-electron chi connectivity index (χ0n) is 16.9. The molecule has 31 heavy (non-hydrogen) atoms. The van der Waals surface area contributed by atoms with E-state index in [1.54, 1.807) is 6.20 Å². The van der Waals surface area contributed by atoms with Gasteiger partial charge in [-0.1, -0.05) is 72.8 Å². The topological polar surface area (TPSA) is 62.7 Å². The number of nitrogens with one attached hydrogen (secondary N) is 2. The Kier molecular flexibility index (Phi) is 5.22. The minimum Gasteiger partial charge on any atom is -0.364 e. The average Bonchev–Trinajstić information content (AvgIpc) is 2.84. The quantitative estimate of drug-likeness (QED) is 0.361. The normalized spacial score (nSPS) is 10.7. The molecule has 5 nitrogen and oxygen atoms in total. The summed E-state index contributed by atoms with van der Waals surface area (Å²) in [6.07, 6.45) is 1.78. The first-order valence-electron chi connectivity index (χ1n) is 10.2. The number of pyridine rings is 1. The number of rotatable bonds is 6. The van der Waals surface area contributed by atoms with E-state index in [4.69, 9.17) is 9.97 Å². The van der Waals surface area contributed by atoms with Gasteiger partial charge in [0, 0.05) is 23.7 Å². The van der Waals surface area contributed by atoms with Gasteiger partial charge in [-0.05, 0) is 29.8 Å². The Morgan fingerprint density at radius 3 is 2.23 bits per heavy atom. The first-order chi connectivity index (χ1) is 15.4. The lowest BCUT2D eigenvalue weighted by molar-refractivity contribution is 1.11. The number of aromatic nitrogens is 3. The summed E-state index contributed by atoms with van der Waals surface area (Å²) in [6.45, 7) is 0.687. The molecule has 0 bridgehead atoms. The van der Waals surface area contributed by atoms with E-state index in [0.717, 1.165) is 33.8 Å². The van der Waals surface area contributed by atoms with Gasteiger partial charge in [-0.15, -0.1) is 0 Å². The fourth-order valence-electron chi connectivity index (χ4n) is 3.44. The van der Waals surface area contributed by atoms with Crippen molar-refractivity contribution in [3.8, 4) is 11.4 Å². The molecule has 5 heteroatoms. The lowest BCUT2D eigenvalue weighted by Crippen LogP contribution is -2.06. The molecule has 0 radical (unpaired) electrons.